The summed E-state index contributed by atoms with van der Waals surface area (Å²) in [6.07, 6.45) is 2.65. The van der Waals surface area contributed by atoms with Crippen LogP contribution in [0.5, 0.6) is 0 Å². The van der Waals surface area contributed by atoms with Crippen molar-refractivity contribution in [1.29, 1.82) is 5.26 Å². The number of carbonyl (C=O) groups excluding carboxylic acids is 1. The summed E-state index contributed by atoms with van der Waals surface area (Å²) in [4.78, 5) is 33.1. The van der Waals surface area contributed by atoms with Crippen molar-refractivity contribution in [2.45, 2.75) is 53.6 Å². The summed E-state index contributed by atoms with van der Waals surface area (Å²) in [5.41, 5.74) is 1.23. The van der Waals surface area contributed by atoms with Crippen molar-refractivity contribution in [1.82, 2.24) is 14.4 Å². The van der Waals surface area contributed by atoms with E-state index in [2.05, 4.69) is 22.8 Å². The van der Waals surface area contributed by atoms with Gasteiger partial charge in [0.25, 0.3) is 11.5 Å². The Morgan fingerprint density at radius 3 is 2.34 bits per heavy atom. The lowest BCUT2D eigenvalue weighted by molar-refractivity contribution is -0.123. The highest BCUT2D eigenvalue weighted by Crippen LogP contribution is 2.37. The summed E-state index contributed by atoms with van der Waals surface area (Å²) >= 11 is 6.78. The van der Waals surface area contributed by atoms with Crippen molar-refractivity contribution >= 4 is 46.1 Å². The van der Waals surface area contributed by atoms with Crippen LogP contribution in [0.25, 0.3) is 6.08 Å². The Kier molecular flexibility index (Phi) is 7.80. The highest BCUT2D eigenvalue weighted by Gasteiger charge is 2.35. The number of anilines is 1. The molecule has 2 aliphatic rings. The molecule has 2 saturated heterocycles. The molecule has 0 saturated carbocycles. The molecule has 32 heavy (non-hydrogen) atoms. The Morgan fingerprint density at radius 2 is 1.81 bits per heavy atom. The van der Waals surface area contributed by atoms with Crippen molar-refractivity contribution in [2.75, 3.05) is 37.6 Å². The molecule has 0 bridgehead atoms. The van der Waals surface area contributed by atoms with E-state index < -0.39 is 0 Å². The monoisotopic (exact) mass is 473 g/mol. The van der Waals surface area contributed by atoms with Crippen LogP contribution in [0, 0.1) is 18.3 Å². The molecule has 3 rings (SSSR count). The Hall–Kier alpha value is -2.15. The molecule has 2 fully saturated rings. The number of thiocarbonyl (C=S) groups is 1. The number of nitriles is 1. The summed E-state index contributed by atoms with van der Waals surface area (Å²) in [6.45, 7) is 14.7. The van der Waals surface area contributed by atoms with Crippen LogP contribution < -0.4 is 10.5 Å². The number of pyridine rings is 1. The van der Waals surface area contributed by atoms with Gasteiger partial charge >= 0.3 is 0 Å². The molecule has 0 aromatic carbocycles. The van der Waals surface area contributed by atoms with Gasteiger partial charge in [-0.2, -0.15) is 5.26 Å². The molecule has 2 aliphatic heterocycles. The van der Waals surface area contributed by atoms with Crippen molar-refractivity contribution < 1.29 is 4.79 Å². The van der Waals surface area contributed by atoms with Crippen LogP contribution in [0.1, 0.15) is 50.8 Å². The number of rotatable bonds is 6. The van der Waals surface area contributed by atoms with Gasteiger partial charge in [0, 0.05) is 44.3 Å². The molecule has 1 amide bonds. The lowest BCUT2D eigenvalue weighted by Crippen LogP contribution is -2.48. The second kappa shape index (κ2) is 10.2. The van der Waals surface area contributed by atoms with Crippen LogP contribution in [0.4, 0.5) is 5.82 Å². The molecule has 0 aliphatic carbocycles. The molecule has 0 spiro atoms. The SMILES string of the molecule is CCC(C)N1C(=O)/C(=C/c2c(C)c(C#N)c(=O)n(CC)c2N2CCN(CC)CC2)SC1=S. The maximum Gasteiger partial charge on any atom is 0.270 e. The number of thioether (sulfide) groups is 1. The molecule has 0 radical (unpaired) electrons. The maximum atomic E-state index is 13.2. The van der Waals surface area contributed by atoms with Gasteiger partial charge in [0.1, 0.15) is 21.8 Å². The smallest absolute Gasteiger partial charge is 0.270 e. The number of carbonyl (C=O) groups is 1. The predicted octanol–water partition coefficient (Wildman–Crippen LogP) is 3.19. The third-order valence-electron chi connectivity index (χ3n) is 6.41. The second-order valence-electron chi connectivity index (χ2n) is 8.13. The van der Waals surface area contributed by atoms with Crippen molar-refractivity contribution in [3.05, 3.63) is 31.9 Å². The third kappa shape index (κ3) is 4.36. The normalized spacial score (nSPS) is 19.7. The Morgan fingerprint density at radius 1 is 1.16 bits per heavy atom. The molecular formula is C23H31N5O2S2. The van der Waals surface area contributed by atoms with Gasteiger partial charge in [-0.25, -0.2) is 0 Å². The van der Waals surface area contributed by atoms with Gasteiger partial charge in [0.15, 0.2) is 0 Å². The zero-order chi connectivity index (χ0) is 23.6. The highest BCUT2D eigenvalue weighted by atomic mass is 32.2. The first-order valence-corrected chi connectivity index (χ1v) is 12.4. The quantitative estimate of drug-likeness (QED) is 0.464. The molecule has 1 aromatic heterocycles. The number of hydrogen-bond donors (Lipinski definition) is 0. The molecule has 0 N–H and O–H groups in total. The largest absolute Gasteiger partial charge is 0.355 e. The van der Waals surface area contributed by atoms with Crippen LogP contribution in [-0.4, -0.2) is 63.4 Å². The lowest BCUT2D eigenvalue weighted by Gasteiger charge is -2.37. The molecular weight excluding hydrogens is 442 g/mol. The third-order valence-corrected chi connectivity index (χ3v) is 7.74. The topological polar surface area (TPSA) is 72.6 Å². The number of likely N-dealkylation sites (N-methyl/N-ethyl adjacent to an activating group) is 1. The van der Waals surface area contributed by atoms with E-state index in [0.717, 1.165) is 50.5 Å². The Balaban J connectivity index is 2.18. The minimum atomic E-state index is -0.273. The van der Waals surface area contributed by atoms with E-state index in [1.165, 1.54) is 11.8 Å². The van der Waals surface area contributed by atoms with E-state index in [0.29, 0.717) is 21.3 Å². The molecule has 1 atom stereocenters. The van der Waals surface area contributed by atoms with Gasteiger partial charge in [-0.1, -0.05) is 37.8 Å². The van der Waals surface area contributed by atoms with Gasteiger partial charge < -0.3 is 9.80 Å². The number of hydrogen-bond acceptors (Lipinski definition) is 7. The average Bonchev–Trinajstić information content (AvgIpc) is 3.08. The molecule has 9 heteroatoms. The van der Waals surface area contributed by atoms with Crippen LogP contribution in [0.2, 0.25) is 0 Å². The first-order chi connectivity index (χ1) is 15.3. The fourth-order valence-corrected chi connectivity index (χ4v) is 5.67. The predicted molar refractivity (Wildman–Crippen MR) is 135 cm³/mol. The van der Waals surface area contributed by atoms with E-state index in [1.54, 1.807) is 16.4 Å². The number of nitrogens with zero attached hydrogens (tertiary/aromatic N) is 5. The van der Waals surface area contributed by atoms with Gasteiger partial charge in [0.05, 0.1) is 4.91 Å². The summed E-state index contributed by atoms with van der Waals surface area (Å²) in [5, 5.41) is 9.71. The average molecular weight is 474 g/mol. The van der Waals surface area contributed by atoms with Crippen molar-refractivity contribution in [3.63, 3.8) is 0 Å². The van der Waals surface area contributed by atoms with E-state index in [4.69, 9.17) is 12.2 Å². The molecule has 172 valence electrons. The van der Waals surface area contributed by atoms with Gasteiger partial charge in [-0.15, -0.1) is 0 Å². The molecule has 7 nitrogen and oxygen atoms in total. The van der Waals surface area contributed by atoms with Crippen LogP contribution in [0.15, 0.2) is 9.70 Å². The summed E-state index contributed by atoms with van der Waals surface area (Å²) in [7, 11) is 0. The first kappa shape index (κ1) is 24.5. The fourth-order valence-electron chi connectivity index (χ4n) is 4.23. The fraction of sp³-hybridized carbons (Fsp3) is 0.565. The Labute approximate surface area is 199 Å². The highest BCUT2D eigenvalue weighted by molar-refractivity contribution is 8.26. The van der Waals surface area contributed by atoms with Crippen molar-refractivity contribution in [2.24, 2.45) is 0 Å². The minimum absolute atomic E-state index is 0.0235. The standard InChI is InChI=1S/C23H31N5O2S2/c1-6-15(4)28-22(30)19(32-23(28)31)13-17-16(5)18(14-24)21(29)27(8-3)20(17)26-11-9-25(7-2)10-12-26/h13,15H,6-12H2,1-5H3/b19-13-. The summed E-state index contributed by atoms with van der Waals surface area (Å²) < 4.78 is 2.23. The minimum Gasteiger partial charge on any atom is -0.355 e. The molecule has 3 heterocycles. The Bertz CT molecular complexity index is 1050. The maximum absolute atomic E-state index is 13.2. The second-order valence-corrected chi connectivity index (χ2v) is 9.80. The zero-order valence-electron chi connectivity index (χ0n) is 19.5. The molecule has 1 aromatic rings. The van der Waals surface area contributed by atoms with Crippen molar-refractivity contribution in [3.8, 4) is 6.07 Å². The van der Waals surface area contributed by atoms with Crippen LogP contribution in [-0.2, 0) is 11.3 Å². The van der Waals surface area contributed by atoms with Crippen LogP contribution >= 0.6 is 24.0 Å². The van der Waals surface area contributed by atoms with E-state index in [-0.39, 0.29) is 23.1 Å². The van der Waals surface area contributed by atoms with E-state index >= 15 is 0 Å². The van der Waals surface area contributed by atoms with Gasteiger partial charge in [-0.05, 0) is 45.4 Å². The van der Waals surface area contributed by atoms with Gasteiger partial charge in [0.2, 0.25) is 0 Å². The molecule has 1 unspecified atom stereocenters. The zero-order valence-corrected chi connectivity index (χ0v) is 21.1. The van der Waals surface area contributed by atoms with E-state index in [1.807, 2.05) is 26.8 Å². The lowest BCUT2D eigenvalue weighted by atomic mass is 10.0. The summed E-state index contributed by atoms with van der Waals surface area (Å²) in [5.74, 6) is 0.682. The first-order valence-electron chi connectivity index (χ1n) is 11.2. The summed E-state index contributed by atoms with van der Waals surface area (Å²) in [6, 6.07) is 2.11. The van der Waals surface area contributed by atoms with Crippen LogP contribution in [0.3, 0.4) is 0 Å². The number of aromatic nitrogens is 1. The number of piperazine rings is 1. The van der Waals surface area contributed by atoms with Gasteiger partial charge in [-0.3, -0.25) is 19.1 Å². The van der Waals surface area contributed by atoms with E-state index in [9.17, 15) is 14.9 Å². The number of amides is 1.